The molecule has 1 aromatic carbocycles. The van der Waals surface area contributed by atoms with Crippen molar-refractivity contribution >= 4 is 27.5 Å². The first-order valence-corrected chi connectivity index (χ1v) is 8.22. The van der Waals surface area contributed by atoms with Gasteiger partial charge < -0.3 is 11.1 Å². The number of carbonyl (C=O) groups is 1. The van der Waals surface area contributed by atoms with Crippen LogP contribution in [0.1, 0.15) is 38.2 Å². The molecule has 1 aliphatic rings. The zero-order chi connectivity index (χ0) is 14.5. The highest BCUT2D eigenvalue weighted by Gasteiger charge is 2.25. The van der Waals surface area contributed by atoms with Crippen LogP contribution in [0, 0.1) is 11.8 Å². The third kappa shape index (κ3) is 3.83. The van der Waals surface area contributed by atoms with Crippen molar-refractivity contribution in [2.24, 2.45) is 17.6 Å². The van der Waals surface area contributed by atoms with E-state index in [2.05, 4.69) is 34.2 Å². The van der Waals surface area contributed by atoms with Crippen molar-refractivity contribution in [2.45, 2.75) is 39.0 Å². The van der Waals surface area contributed by atoms with Crippen LogP contribution in [0.25, 0.3) is 0 Å². The highest BCUT2D eigenvalue weighted by Crippen LogP contribution is 2.30. The molecule has 2 rings (SSSR count). The van der Waals surface area contributed by atoms with Crippen LogP contribution in [-0.4, -0.2) is 12.5 Å². The Morgan fingerprint density at radius 3 is 2.65 bits per heavy atom. The van der Waals surface area contributed by atoms with Crippen molar-refractivity contribution in [1.82, 2.24) is 0 Å². The predicted octanol–water partition coefficient (Wildman–Crippen LogP) is 3.72. The molecule has 3 nitrogen and oxygen atoms in total. The summed E-state index contributed by atoms with van der Waals surface area (Å²) in [6, 6.07) is 6.02. The molecule has 4 heteroatoms. The lowest BCUT2D eigenvalue weighted by molar-refractivity contribution is -0.121. The second-order valence-electron chi connectivity index (χ2n) is 5.60. The standard InChI is InChI=1S/C16H23BrN2O/c1-2-12-9-14(17)7-8-15(12)19-16(20)13-5-3-11(10-18)4-6-13/h7-9,11,13H,2-6,10,18H2,1H3,(H,19,20). The lowest BCUT2D eigenvalue weighted by Crippen LogP contribution is -2.29. The lowest BCUT2D eigenvalue weighted by atomic mass is 9.81. The van der Waals surface area contributed by atoms with Crippen LogP contribution in [0.2, 0.25) is 0 Å². The monoisotopic (exact) mass is 338 g/mol. The smallest absolute Gasteiger partial charge is 0.227 e. The van der Waals surface area contributed by atoms with E-state index in [1.165, 1.54) is 5.56 Å². The minimum atomic E-state index is 0.145. The third-order valence-electron chi connectivity index (χ3n) is 4.26. The molecule has 1 amide bonds. The van der Waals surface area contributed by atoms with Crippen LogP contribution in [0.5, 0.6) is 0 Å². The van der Waals surface area contributed by atoms with Gasteiger partial charge in [0.05, 0.1) is 0 Å². The van der Waals surface area contributed by atoms with Gasteiger partial charge in [-0.1, -0.05) is 22.9 Å². The number of aryl methyl sites for hydroxylation is 1. The molecule has 0 saturated heterocycles. The fourth-order valence-corrected chi connectivity index (χ4v) is 3.28. The summed E-state index contributed by atoms with van der Waals surface area (Å²) >= 11 is 3.47. The molecule has 1 aliphatic carbocycles. The topological polar surface area (TPSA) is 55.1 Å². The summed E-state index contributed by atoms with van der Waals surface area (Å²) in [5.74, 6) is 0.918. The van der Waals surface area contributed by atoms with Gasteiger partial charge in [0.2, 0.25) is 5.91 Å². The number of amides is 1. The van der Waals surface area contributed by atoms with E-state index in [1.54, 1.807) is 0 Å². The Bertz CT molecular complexity index is 468. The minimum absolute atomic E-state index is 0.145. The Morgan fingerprint density at radius 1 is 1.35 bits per heavy atom. The Kier molecular flexibility index (Phi) is 5.61. The van der Waals surface area contributed by atoms with Gasteiger partial charge in [-0.25, -0.2) is 0 Å². The molecule has 1 aromatic rings. The molecular weight excluding hydrogens is 316 g/mol. The van der Waals surface area contributed by atoms with Gasteiger partial charge in [0.1, 0.15) is 0 Å². The van der Waals surface area contributed by atoms with Crippen molar-refractivity contribution in [3.63, 3.8) is 0 Å². The van der Waals surface area contributed by atoms with E-state index in [9.17, 15) is 4.79 Å². The molecule has 1 fully saturated rings. The van der Waals surface area contributed by atoms with E-state index in [0.29, 0.717) is 5.92 Å². The molecule has 0 unspecified atom stereocenters. The zero-order valence-electron chi connectivity index (χ0n) is 12.0. The number of hydrogen-bond acceptors (Lipinski definition) is 2. The summed E-state index contributed by atoms with van der Waals surface area (Å²) in [4.78, 5) is 12.4. The predicted molar refractivity (Wildman–Crippen MR) is 86.7 cm³/mol. The molecule has 0 radical (unpaired) electrons. The maximum atomic E-state index is 12.4. The van der Waals surface area contributed by atoms with Gasteiger partial charge in [-0.15, -0.1) is 0 Å². The minimum Gasteiger partial charge on any atom is -0.330 e. The maximum absolute atomic E-state index is 12.4. The molecule has 110 valence electrons. The first kappa shape index (κ1) is 15.5. The van der Waals surface area contributed by atoms with Gasteiger partial charge >= 0.3 is 0 Å². The molecule has 1 saturated carbocycles. The summed E-state index contributed by atoms with van der Waals surface area (Å²) in [5, 5.41) is 3.10. The van der Waals surface area contributed by atoms with Gasteiger partial charge in [-0.3, -0.25) is 4.79 Å². The van der Waals surface area contributed by atoms with E-state index in [0.717, 1.165) is 48.8 Å². The maximum Gasteiger partial charge on any atom is 0.227 e. The first-order chi connectivity index (χ1) is 9.63. The number of benzene rings is 1. The lowest BCUT2D eigenvalue weighted by Gasteiger charge is -2.27. The summed E-state index contributed by atoms with van der Waals surface area (Å²) in [6.45, 7) is 2.85. The molecule has 0 heterocycles. The number of anilines is 1. The SMILES string of the molecule is CCc1cc(Br)ccc1NC(=O)C1CCC(CN)CC1. The Morgan fingerprint density at radius 2 is 2.05 bits per heavy atom. The van der Waals surface area contributed by atoms with Crippen LogP contribution in [-0.2, 0) is 11.2 Å². The summed E-state index contributed by atoms with van der Waals surface area (Å²) in [5.41, 5.74) is 7.81. The summed E-state index contributed by atoms with van der Waals surface area (Å²) in [7, 11) is 0. The van der Waals surface area contributed by atoms with Crippen molar-refractivity contribution in [3.05, 3.63) is 28.2 Å². The average molecular weight is 339 g/mol. The second kappa shape index (κ2) is 7.23. The summed E-state index contributed by atoms with van der Waals surface area (Å²) in [6.07, 6.45) is 5.00. The van der Waals surface area contributed by atoms with Gasteiger partial charge in [-0.05, 0) is 68.3 Å². The average Bonchev–Trinajstić information content (AvgIpc) is 2.49. The van der Waals surface area contributed by atoms with Gasteiger partial charge in [0.15, 0.2) is 0 Å². The molecule has 0 aliphatic heterocycles. The zero-order valence-corrected chi connectivity index (χ0v) is 13.6. The van der Waals surface area contributed by atoms with E-state index in [4.69, 9.17) is 5.73 Å². The van der Waals surface area contributed by atoms with Crippen molar-refractivity contribution in [2.75, 3.05) is 11.9 Å². The normalized spacial score (nSPS) is 22.6. The largest absolute Gasteiger partial charge is 0.330 e. The number of halogens is 1. The molecule has 0 atom stereocenters. The first-order valence-electron chi connectivity index (χ1n) is 7.43. The molecule has 0 bridgehead atoms. The third-order valence-corrected chi connectivity index (χ3v) is 4.75. The van der Waals surface area contributed by atoms with Crippen LogP contribution in [0.15, 0.2) is 22.7 Å². The van der Waals surface area contributed by atoms with Crippen LogP contribution in [0.3, 0.4) is 0 Å². The number of hydrogen-bond donors (Lipinski definition) is 2. The number of rotatable bonds is 4. The Labute approximate surface area is 129 Å². The molecule has 20 heavy (non-hydrogen) atoms. The Balaban J connectivity index is 1.98. The van der Waals surface area contributed by atoms with Crippen molar-refractivity contribution in [1.29, 1.82) is 0 Å². The second-order valence-corrected chi connectivity index (χ2v) is 6.51. The van der Waals surface area contributed by atoms with Gasteiger partial charge in [-0.2, -0.15) is 0 Å². The highest BCUT2D eigenvalue weighted by atomic mass is 79.9. The van der Waals surface area contributed by atoms with E-state index >= 15 is 0 Å². The molecule has 0 aromatic heterocycles. The van der Waals surface area contributed by atoms with E-state index < -0.39 is 0 Å². The molecule has 0 spiro atoms. The van der Waals surface area contributed by atoms with Gasteiger partial charge in [0.25, 0.3) is 0 Å². The van der Waals surface area contributed by atoms with E-state index in [1.807, 2.05) is 12.1 Å². The molecular formula is C16H23BrN2O. The highest BCUT2D eigenvalue weighted by molar-refractivity contribution is 9.10. The summed E-state index contributed by atoms with van der Waals surface area (Å²) < 4.78 is 1.05. The van der Waals surface area contributed by atoms with Crippen molar-refractivity contribution < 1.29 is 4.79 Å². The van der Waals surface area contributed by atoms with Crippen LogP contribution < -0.4 is 11.1 Å². The molecule has 3 N–H and O–H groups in total. The van der Waals surface area contributed by atoms with Crippen LogP contribution in [0.4, 0.5) is 5.69 Å². The van der Waals surface area contributed by atoms with Crippen molar-refractivity contribution in [3.8, 4) is 0 Å². The quantitative estimate of drug-likeness (QED) is 0.878. The van der Waals surface area contributed by atoms with Crippen LogP contribution >= 0.6 is 15.9 Å². The fraction of sp³-hybridized carbons (Fsp3) is 0.562. The fourth-order valence-electron chi connectivity index (χ4n) is 2.87. The van der Waals surface area contributed by atoms with Gasteiger partial charge in [0, 0.05) is 16.1 Å². The Hall–Kier alpha value is -0.870. The van der Waals surface area contributed by atoms with E-state index in [-0.39, 0.29) is 11.8 Å². The number of nitrogens with one attached hydrogen (secondary N) is 1. The number of carbonyl (C=O) groups excluding carboxylic acids is 1. The number of nitrogens with two attached hydrogens (primary N) is 1.